The number of para-hydroxylation sites is 1. The molecule has 18 heavy (non-hydrogen) atoms. The molecule has 1 nitrogen and oxygen atoms in total. The zero-order valence-electron chi connectivity index (χ0n) is 8.96. The molecule has 0 saturated heterocycles. The van der Waals surface area contributed by atoms with Gasteiger partial charge in [0.25, 0.3) is 0 Å². The molecule has 0 saturated carbocycles. The van der Waals surface area contributed by atoms with Crippen molar-refractivity contribution in [2.24, 2.45) is 0 Å². The van der Waals surface area contributed by atoms with Crippen LogP contribution in [-0.2, 0) is 0 Å². The highest BCUT2D eigenvalue weighted by molar-refractivity contribution is 6.30. The molecule has 0 spiro atoms. The van der Waals surface area contributed by atoms with Crippen molar-refractivity contribution in [1.29, 1.82) is 0 Å². The summed E-state index contributed by atoms with van der Waals surface area (Å²) in [5, 5.41) is 0.396. The first kappa shape index (κ1) is 12.8. The monoisotopic (exact) mass is 271 g/mol. The molecule has 93 valence electrons. The SMILES string of the molecule is FC(F)(F)Oc1ccccc1-c1c[c]c(Cl)cc1. The maximum Gasteiger partial charge on any atom is 0.573 e. The summed E-state index contributed by atoms with van der Waals surface area (Å²) in [7, 11) is 0. The van der Waals surface area contributed by atoms with Crippen LogP contribution in [0.5, 0.6) is 5.75 Å². The average Bonchev–Trinajstić information content (AvgIpc) is 2.29. The number of rotatable bonds is 2. The molecule has 0 aliphatic heterocycles. The molecule has 0 aromatic heterocycles. The Morgan fingerprint density at radius 3 is 2.39 bits per heavy atom. The Hall–Kier alpha value is -1.68. The average molecular weight is 272 g/mol. The fourth-order valence-electron chi connectivity index (χ4n) is 1.49. The van der Waals surface area contributed by atoms with E-state index in [9.17, 15) is 13.2 Å². The van der Waals surface area contributed by atoms with Crippen molar-refractivity contribution in [3.8, 4) is 16.9 Å². The highest BCUT2D eigenvalue weighted by Gasteiger charge is 2.32. The standard InChI is InChI=1S/C13H7ClF3O/c14-10-7-5-9(6-8-10)11-3-1-2-4-12(11)18-13(15,16)17/h1-7H. The Balaban J connectivity index is 2.41. The molecule has 2 aromatic rings. The van der Waals surface area contributed by atoms with Gasteiger partial charge in [0, 0.05) is 16.7 Å². The topological polar surface area (TPSA) is 9.23 Å². The highest BCUT2D eigenvalue weighted by Crippen LogP contribution is 2.33. The van der Waals surface area contributed by atoms with E-state index in [0.717, 1.165) is 0 Å². The van der Waals surface area contributed by atoms with Crippen LogP contribution in [-0.4, -0.2) is 6.36 Å². The van der Waals surface area contributed by atoms with Crippen LogP contribution in [0.15, 0.2) is 42.5 Å². The molecular weight excluding hydrogens is 265 g/mol. The Morgan fingerprint density at radius 2 is 1.78 bits per heavy atom. The van der Waals surface area contributed by atoms with E-state index in [1.54, 1.807) is 18.2 Å². The molecule has 0 aliphatic carbocycles. The van der Waals surface area contributed by atoms with Gasteiger partial charge in [-0.25, -0.2) is 0 Å². The van der Waals surface area contributed by atoms with Gasteiger partial charge in [-0.2, -0.15) is 0 Å². The third-order valence-electron chi connectivity index (χ3n) is 2.20. The van der Waals surface area contributed by atoms with Crippen molar-refractivity contribution in [2.75, 3.05) is 0 Å². The van der Waals surface area contributed by atoms with Crippen LogP contribution in [0.2, 0.25) is 5.02 Å². The van der Waals surface area contributed by atoms with E-state index in [-0.39, 0.29) is 5.75 Å². The second-order valence-electron chi connectivity index (χ2n) is 3.47. The van der Waals surface area contributed by atoms with Crippen molar-refractivity contribution < 1.29 is 17.9 Å². The largest absolute Gasteiger partial charge is 0.573 e. The molecule has 0 unspecified atom stereocenters. The van der Waals surface area contributed by atoms with E-state index < -0.39 is 6.36 Å². The molecule has 2 aromatic carbocycles. The predicted molar refractivity (Wildman–Crippen MR) is 62.4 cm³/mol. The van der Waals surface area contributed by atoms with Crippen molar-refractivity contribution in [3.63, 3.8) is 0 Å². The normalized spacial score (nSPS) is 11.3. The van der Waals surface area contributed by atoms with Crippen LogP contribution in [0.3, 0.4) is 0 Å². The first-order valence-electron chi connectivity index (χ1n) is 4.98. The lowest BCUT2D eigenvalue weighted by molar-refractivity contribution is -0.274. The van der Waals surface area contributed by atoms with Gasteiger partial charge in [-0.3, -0.25) is 0 Å². The molecule has 0 atom stereocenters. The minimum Gasteiger partial charge on any atom is -0.405 e. The highest BCUT2D eigenvalue weighted by atomic mass is 35.5. The van der Waals surface area contributed by atoms with Crippen LogP contribution < -0.4 is 4.74 Å². The zero-order chi connectivity index (χ0) is 13.2. The number of alkyl halides is 3. The fourth-order valence-corrected chi connectivity index (χ4v) is 1.61. The van der Waals surface area contributed by atoms with Crippen LogP contribution in [0.4, 0.5) is 13.2 Å². The van der Waals surface area contributed by atoms with Crippen LogP contribution in [0.25, 0.3) is 11.1 Å². The van der Waals surface area contributed by atoms with Crippen LogP contribution >= 0.6 is 11.6 Å². The van der Waals surface area contributed by atoms with Gasteiger partial charge in [0.05, 0.1) is 0 Å². The van der Waals surface area contributed by atoms with Gasteiger partial charge in [0.15, 0.2) is 0 Å². The first-order valence-corrected chi connectivity index (χ1v) is 5.36. The van der Waals surface area contributed by atoms with E-state index in [2.05, 4.69) is 10.8 Å². The lowest BCUT2D eigenvalue weighted by Crippen LogP contribution is -2.17. The third kappa shape index (κ3) is 3.17. The van der Waals surface area contributed by atoms with Gasteiger partial charge in [-0.1, -0.05) is 35.9 Å². The minimum atomic E-state index is -4.72. The van der Waals surface area contributed by atoms with E-state index >= 15 is 0 Å². The predicted octanol–water partition coefficient (Wildman–Crippen LogP) is 4.71. The van der Waals surface area contributed by atoms with Crippen LogP contribution in [0.1, 0.15) is 0 Å². The van der Waals surface area contributed by atoms with Crippen molar-refractivity contribution in [1.82, 2.24) is 0 Å². The van der Waals surface area contributed by atoms with E-state index in [1.807, 2.05) is 0 Å². The molecule has 0 N–H and O–H groups in total. The Kier molecular flexibility index (Phi) is 3.48. The van der Waals surface area contributed by atoms with Gasteiger partial charge in [0.2, 0.25) is 0 Å². The lowest BCUT2D eigenvalue weighted by Gasteiger charge is -2.13. The molecule has 0 heterocycles. The maximum atomic E-state index is 12.3. The van der Waals surface area contributed by atoms with Gasteiger partial charge >= 0.3 is 6.36 Å². The van der Waals surface area contributed by atoms with Crippen molar-refractivity contribution in [2.45, 2.75) is 6.36 Å². The summed E-state index contributed by atoms with van der Waals surface area (Å²) in [5.41, 5.74) is 0.891. The number of hydrogen-bond acceptors (Lipinski definition) is 1. The number of benzene rings is 2. The Morgan fingerprint density at radius 1 is 1.06 bits per heavy atom. The summed E-state index contributed by atoms with van der Waals surface area (Å²) in [5.74, 6) is -0.249. The van der Waals surface area contributed by atoms with Gasteiger partial charge in [-0.15, -0.1) is 13.2 Å². The van der Waals surface area contributed by atoms with Crippen molar-refractivity contribution in [3.05, 3.63) is 53.6 Å². The van der Waals surface area contributed by atoms with Gasteiger partial charge < -0.3 is 4.74 Å². The smallest absolute Gasteiger partial charge is 0.405 e. The fraction of sp³-hybridized carbons (Fsp3) is 0.0769. The minimum absolute atomic E-state index is 0.249. The van der Waals surface area contributed by atoms with E-state index in [0.29, 0.717) is 16.1 Å². The van der Waals surface area contributed by atoms with Crippen LogP contribution in [0, 0.1) is 6.07 Å². The summed E-state index contributed by atoms with van der Waals surface area (Å²) < 4.78 is 40.7. The molecule has 0 aliphatic rings. The third-order valence-corrected chi connectivity index (χ3v) is 2.43. The van der Waals surface area contributed by atoms with Crippen molar-refractivity contribution >= 4 is 11.6 Å². The maximum absolute atomic E-state index is 12.3. The lowest BCUT2D eigenvalue weighted by atomic mass is 10.1. The molecule has 0 amide bonds. The van der Waals surface area contributed by atoms with Gasteiger partial charge in [0.1, 0.15) is 5.75 Å². The molecule has 0 fully saturated rings. The van der Waals surface area contributed by atoms with E-state index in [4.69, 9.17) is 11.6 Å². The second kappa shape index (κ2) is 4.90. The molecule has 2 rings (SSSR count). The summed E-state index contributed by atoms with van der Waals surface area (Å²) in [6.07, 6.45) is -4.72. The number of halogens is 4. The Bertz CT molecular complexity index is 535. The second-order valence-corrected chi connectivity index (χ2v) is 3.88. The quantitative estimate of drug-likeness (QED) is 0.769. The summed E-state index contributed by atoms with van der Waals surface area (Å²) in [6.45, 7) is 0. The zero-order valence-corrected chi connectivity index (χ0v) is 9.72. The summed E-state index contributed by atoms with van der Waals surface area (Å²) in [4.78, 5) is 0. The summed E-state index contributed by atoms with van der Waals surface area (Å²) >= 11 is 5.68. The summed E-state index contributed by atoms with van der Waals surface area (Å²) in [6, 6.07) is 13.3. The molecule has 5 heteroatoms. The molecule has 1 radical (unpaired) electrons. The number of hydrogen-bond donors (Lipinski definition) is 0. The molecule has 0 bridgehead atoms. The van der Waals surface area contributed by atoms with Gasteiger partial charge in [-0.05, 0) is 23.8 Å². The first-order chi connectivity index (χ1) is 8.46. The van der Waals surface area contributed by atoms with E-state index in [1.165, 1.54) is 24.3 Å². The number of ether oxygens (including phenoxy) is 1. The molecular formula is C13H7ClF3O. The Labute approximate surface area is 107 Å².